The second-order valence-corrected chi connectivity index (χ2v) is 5.29. The van der Waals surface area contributed by atoms with E-state index >= 15 is 0 Å². The molecule has 0 saturated heterocycles. The van der Waals surface area contributed by atoms with Crippen LogP contribution in [0.2, 0.25) is 0 Å². The number of allylic oxidation sites excluding steroid dienone is 1. The highest BCUT2D eigenvalue weighted by Crippen LogP contribution is 2.28. The van der Waals surface area contributed by atoms with E-state index in [4.69, 9.17) is 9.47 Å². The Morgan fingerprint density at radius 1 is 0.923 bits per heavy atom. The van der Waals surface area contributed by atoms with Crippen LogP contribution in [0.5, 0.6) is 23.0 Å². The third-order valence-corrected chi connectivity index (χ3v) is 3.16. The first-order chi connectivity index (χ1) is 12.3. The van der Waals surface area contributed by atoms with Crippen LogP contribution >= 0.6 is 0 Å². The molecule has 0 fully saturated rings. The molecular weight excluding hydrogens is 340 g/mol. The van der Waals surface area contributed by atoms with E-state index in [2.05, 4.69) is 0 Å². The number of hydrogen-bond donors (Lipinski definition) is 2. The summed E-state index contributed by atoms with van der Waals surface area (Å²) in [4.78, 5) is 34.5. The van der Waals surface area contributed by atoms with E-state index in [-0.39, 0.29) is 28.6 Å². The lowest BCUT2D eigenvalue weighted by Gasteiger charge is -2.08. The first-order valence-corrected chi connectivity index (χ1v) is 7.51. The number of carbonyl (C=O) groups is 3. The predicted octanol–water partition coefficient (Wildman–Crippen LogP) is 2.84. The van der Waals surface area contributed by atoms with Gasteiger partial charge in [-0.25, -0.2) is 0 Å². The molecule has 0 aliphatic rings. The Kier molecular flexibility index (Phi) is 5.74. The largest absolute Gasteiger partial charge is 0.508 e. The van der Waals surface area contributed by atoms with Gasteiger partial charge >= 0.3 is 11.9 Å². The molecule has 0 bridgehead atoms. The zero-order chi connectivity index (χ0) is 19.3. The van der Waals surface area contributed by atoms with E-state index in [1.807, 2.05) is 0 Å². The Hall–Kier alpha value is -3.61. The van der Waals surface area contributed by atoms with Crippen LogP contribution in [0.15, 0.2) is 42.5 Å². The molecule has 2 aromatic rings. The summed E-state index contributed by atoms with van der Waals surface area (Å²) in [6.45, 7) is 2.45. The van der Waals surface area contributed by atoms with E-state index in [0.717, 1.165) is 6.07 Å². The first kappa shape index (κ1) is 18.7. The number of carbonyl (C=O) groups excluding carboxylic acids is 3. The van der Waals surface area contributed by atoms with E-state index in [1.165, 1.54) is 56.3 Å². The summed E-state index contributed by atoms with van der Waals surface area (Å²) in [7, 11) is 0. The van der Waals surface area contributed by atoms with E-state index in [1.54, 1.807) is 0 Å². The molecule has 7 nitrogen and oxygen atoms in total. The Balaban J connectivity index is 2.31. The summed E-state index contributed by atoms with van der Waals surface area (Å²) in [5.41, 5.74) is 0.396. The van der Waals surface area contributed by atoms with Gasteiger partial charge in [0.25, 0.3) is 0 Å². The molecule has 0 aliphatic heterocycles. The molecule has 0 spiro atoms. The summed E-state index contributed by atoms with van der Waals surface area (Å²) in [6, 6.07) is 7.96. The minimum Gasteiger partial charge on any atom is -0.508 e. The highest BCUT2D eigenvalue weighted by molar-refractivity contribution is 6.08. The number of aromatic hydroxyl groups is 2. The van der Waals surface area contributed by atoms with Crippen molar-refractivity contribution in [1.29, 1.82) is 0 Å². The third kappa shape index (κ3) is 4.94. The highest BCUT2D eigenvalue weighted by Gasteiger charge is 2.11. The van der Waals surface area contributed by atoms with Crippen molar-refractivity contribution in [1.82, 2.24) is 0 Å². The molecule has 0 amide bonds. The van der Waals surface area contributed by atoms with Gasteiger partial charge in [-0.15, -0.1) is 0 Å². The second kappa shape index (κ2) is 7.98. The SMILES string of the molecule is CC(=O)Oc1ccc(C=CC(=O)c2ccc(O)cc2O)c(OC(C)=O)c1. The number of ketones is 1. The molecule has 0 radical (unpaired) electrons. The molecule has 0 heterocycles. The first-order valence-electron chi connectivity index (χ1n) is 7.51. The van der Waals surface area contributed by atoms with Gasteiger partial charge < -0.3 is 19.7 Å². The molecule has 0 atom stereocenters. The molecule has 0 aliphatic carbocycles. The number of ether oxygens (including phenoxy) is 2. The summed E-state index contributed by atoms with van der Waals surface area (Å²) < 4.78 is 10.0. The van der Waals surface area contributed by atoms with Gasteiger partial charge in [0.15, 0.2) is 5.78 Å². The maximum absolute atomic E-state index is 12.2. The number of phenolic OH excluding ortho intramolecular Hbond substituents is 2. The van der Waals surface area contributed by atoms with Gasteiger partial charge in [0.2, 0.25) is 0 Å². The van der Waals surface area contributed by atoms with Crippen molar-refractivity contribution < 1.29 is 34.1 Å². The van der Waals surface area contributed by atoms with Gasteiger partial charge in [-0.05, 0) is 36.4 Å². The molecule has 134 valence electrons. The Morgan fingerprint density at radius 2 is 1.62 bits per heavy atom. The van der Waals surface area contributed by atoms with Gasteiger partial charge in [0, 0.05) is 31.5 Å². The van der Waals surface area contributed by atoms with Crippen molar-refractivity contribution >= 4 is 23.8 Å². The zero-order valence-corrected chi connectivity index (χ0v) is 14.1. The van der Waals surface area contributed by atoms with Gasteiger partial charge in [-0.1, -0.05) is 0 Å². The quantitative estimate of drug-likeness (QED) is 0.367. The van der Waals surface area contributed by atoms with Crippen molar-refractivity contribution in [3.63, 3.8) is 0 Å². The maximum atomic E-state index is 12.2. The normalized spacial score (nSPS) is 10.5. The monoisotopic (exact) mass is 356 g/mol. The average molecular weight is 356 g/mol. The zero-order valence-electron chi connectivity index (χ0n) is 14.1. The summed E-state index contributed by atoms with van der Waals surface area (Å²) in [5, 5.41) is 19.0. The van der Waals surface area contributed by atoms with Crippen molar-refractivity contribution in [2.75, 3.05) is 0 Å². The molecule has 2 rings (SSSR count). The molecule has 7 heteroatoms. The van der Waals surface area contributed by atoms with Crippen LogP contribution in [0.3, 0.4) is 0 Å². The molecule has 0 unspecified atom stereocenters. The van der Waals surface area contributed by atoms with Crippen LogP contribution in [0.1, 0.15) is 29.8 Å². The fourth-order valence-corrected chi connectivity index (χ4v) is 2.11. The van der Waals surface area contributed by atoms with E-state index in [9.17, 15) is 24.6 Å². The number of hydrogen-bond acceptors (Lipinski definition) is 7. The van der Waals surface area contributed by atoms with E-state index in [0.29, 0.717) is 5.56 Å². The van der Waals surface area contributed by atoms with Crippen molar-refractivity contribution in [2.24, 2.45) is 0 Å². The summed E-state index contributed by atoms with van der Waals surface area (Å²) in [6.07, 6.45) is 2.57. The standard InChI is InChI=1S/C19H16O7/c1-11(20)25-15-6-3-13(19(10-15)26-12(2)21)4-8-17(23)16-7-5-14(22)9-18(16)24/h3-10,22,24H,1-2H3. The highest BCUT2D eigenvalue weighted by atomic mass is 16.5. The Bertz CT molecular complexity index is 897. The minimum atomic E-state index is -0.581. The second-order valence-electron chi connectivity index (χ2n) is 5.29. The molecular formula is C19H16O7. The fraction of sp³-hybridized carbons (Fsp3) is 0.105. The lowest BCUT2D eigenvalue weighted by atomic mass is 10.1. The van der Waals surface area contributed by atoms with Gasteiger partial charge in [0.1, 0.15) is 23.0 Å². The van der Waals surface area contributed by atoms with Crippen molar-refractivity contribution in [3.05, 3.63) is 53.6 Å². The smallest absolute Gasteiger partial charge is 0.308 e. The fourth-order valence-electron chi connectivity index (χ4n) is 2.11. The topological polar surface area (TPSA) is 110 Å². The van der Waals surface area contributed by atoms with Crippen LogP contribution in [0.4, 0.5) is 0 Å². The number of phenols is 2. The number of esters is 2. The van der Waals surface area contributed by atoms with Crippen molar-refractivity contribution in [3.8, 4) is 23.0 Å². The molecule has 0 saturated carbocycles. The van der Waals surface area contributed by atoms with Gasteiger partial charge in [0.05, 0.1) is 5.56 Å². The molecule has 2 N–H and O–H groups in total. The van der Waals surface area contributed by atoms with Gasteiger partial charge in [-0.3, -0.25) is 14.4 Å². The van der Waals surface area contributed by atoms with Crippen LogP contribution in [0, 0.1) is 0 Å². The maximum Gasteiger partial charge on any atom is 0.308 e. The van der Waals surface area contributed by atoms with E-state index < -0.39 is 17.7 Å². The molecule has 0 aromatic heterocycles. The Morgan fingerprint density at radius 3 is 2.23 bits per heavy atom. The van der Waals surface area contributed by atoms with Crippen molar-refractivity contribution in [2.45, 2.75) is 13.8 Å². The predicted molar refractivity (Wildman–Crippen MR) is 92.2 cm³/mol. The minimum absolute atomic E-state index is 0.00428. The summed E-state index contributed by atoms with van der Waals surface area (Å²) >= 11 is 0. The lowest BCUT2D eigenvalue weighted by Crippen LogP contribution is -2.05. The molecule has 2 aromatic carbocycles. The Labute approximate surface area is 149 Å². The van der Waals surface area contributed by atoms with Crippen LogP contribution in [-0.2, 0) is 9.59 Å². The number of benzene rings is 2. The number of rotatable bonds is 5. The average Bonchev–Trinajstić information content (AvgIpc) is 2.52. The molecule has 26 heavy (non-hydrogen) atoms. The van der Waals surface area contributed by atoms with Crippen LogP contribution < -0.4 is 9.47 Å². The van der Waals surface area contributed by atoms with Gasteiger partial charge in [-0.2, -0.15) is 0 Å². The lowest BCUT2D eigenvalue weighted by molar-refractivity contribution is -0.132. The summed E-state index contributed by atoms with van der Waals surface area (Å²) in [5.74, 6) is -1.85. The third-order valence-electron chi connectivity index (χ3n) is 3.16. The van der Waals surface area contributed by atoms with Crippen LogP contribution in [0.25, 0.3) is 6.08 Å². The van der Waals surface area contributed by atoms with Crippen LogP contribution in [-0.4, -0.2) is 27.9 Å².